The van der Waals surface area contributed by atoms with Gasteiger partial charge in [-0.25, -0.2) is 14.7 Å². The molecule has 0 bridgehead atoms. The van der Waals surface area contributed by atoms with Crippen molar-refractivity contribution in [3.63, 3.8) is 0 Å². The Balaban J connectivity index is 0.00000468. The lowest BCUT2D eigenvalue weighted by molar-refractivity contribution is -0.137. The summed E-state index contributed by atoms with van der Waals surface area (Å²) in [6.07, 6.45) is -1.83. The molecule has 0 spiro atoms. The number of nitrogens with zero attached hydrogens (tertiary/aromatic N) is 2. The summed E-state index contributed by atoms with van der Waals surface area (Å²) in [5.41, 5.74) is 14.0. The van der Waals surface area contributed by atoms with Gasteiger partial charge in [-0.1, -0.05) is 38.1 Å². The van der Waals surface area contributed by atoms with Gasteiger partial charge >= 0.3 is 11.9 Å². The largest absolute Gasteiger partial charge is 0.417 e. The number of hydrogen-bond acceptors (Lipinski definition) is 6. The first-order valence-electron chi connectivity index (χ1n) is 16.1. The van der Waals surface area contributed by atoms with Gasteiger partial charge in [0.05, 0.1) is 39.4 Å². The number of fused-ring (bicyclic) bond motifs is 2. The first kappa shape index (κ1) is 35.8. The lowest BCUT2D eigenvalue weighted by atomic mass is 9.81. The number of anilines is 1. The van der Waals surface area contributed by atoms with Crippen LogP contribution in [0, 0.1) is 11.8 Å². The van der Waals surface area contributed by atoms with Gasteiger partial charge in [0.2, 0.25) is 5.91 Å². The number of carbonyl (C=O) groups excluding carboxylic acids is 2. The molecule has 1 aliphatic carbocycles. The highest BCUT2D eigenvalue weighted by molar-refractivity contribution is 6.17. The molecule has 5 aromatic rings. The second kappa shape index (κ2) is 14.2. The van der Waals surface area contributed by atoms with Crippen molar-refractivity contribution in [1.82, 2.24) is 19.9 Å². The summed E-state index contributed by atoms with van der Waals surface area (Å²) < 4.78 is 42.5. The van der Waals surface area contributed by atoms with E-state index >= 15 is 0 Å². The van der Waals surface area contributed by atoms with Crippen LogP contribution in [-0.2, 0) is 22.2 Å². The average Bonchev–Trinajstić information content (AvgIpc) is 3.66. The first-order chi connectivity index (χ1) is 22.8. The minimum atomic E-state index is -4.60. The van der Waals surface area contributed by atoms with E-state index < -0.39 is 35.3 Å². The number of imidazole rings is 2. The van der Waals surface area contributed by atoms with Crippen LogP contribution in [0.1, 0.15) is 62.4 Å². The van der Waals surface area contributed by atoms with Crippen molar-refractivity contribution in [2.45, 2.75) is 64.1 Å². The topological polar surface area (TPSA) is 167 Å². The second-order valence-corrected chi connectivity index (χ2v) is 13.0. The molecule has 1 saturated carbocycles. The summed E-state index contributed by atoms with van der Waals surface area (Å²) in [6.45, 7) is 4.35. The summed E-state index contributed by atoms with van der Waals surface area (Å²) in [5, 5.41) is 0. The fraction of sp³-hybridized carbons (Fsp3) is 0.371. The number of halogens is 4. The molecule has 0 unspecified atom stereocenters. The smallest absolute Gasteiger partial charge is 0.342 e. The summed E-state index contributed by atoms with van der Waals surface area (Å²) >= 11 is 0. The van der Waals surface area contributed by atoms with E-state index in [1.165, 1.54) is 6.07 Å². The number of benzene rings is 3. The Morgan fingerprint density at radius 1 is 0.939 bits per heavy atom. The van der Waals surface area contributed by atoms with E-state index in [-0.39, 0.29) is 41.9 Å². The molecule has 1 fully saturated rings. The Hall–Kier alpha value is -4.46. The van der Waals surface area contributed by atoms with Crippen molar-refractivity contribution in [2.75, 3.05) is 11.4 Å². The molecule has 10 nitrogen and oxygen atoms in total. The average molecular weight is 698 g/mol. The van der Waals surface area contributed by atoms with Gasteiger partial charge in [-0.15, -0.1) is 12.4 Å². The molecule has 0 aliphatic heterocycles. The van der Waals surface area contributed by atoms with Gasteiger partial charge in [0.25, 0.3) is 5.91 Å². The molecule has 3 aromatic carbocycles. The number of H-pyrrole nitrogens is 3. The lowest BCUT2D eigenvalue weighted by Crippen LogP contribution is -2.50. The molecule has 14 heteroatoms. The number of nitrogens with two attached hydrogens (primary N) is 2. The Bertz CT molecular complexity index is 2030. The number of nitrogens with one attached hydrogen (secondary N) is 3. The lowest BCUT2D eigenvalue weighted by Gasteiger charge is -2.32. The minimum absolute atomic E-state index is 0. The van der Waals surface area contributed by atoms with E-state index in [4.69, 9.17) is 11.5 Å². The van der Waals surface area contributed by atoms with E-state index in [2.05, 4.69) is 19.9 Å². The molecule has 2 aromatic heterocycles. The number of carbonyl (C=O) groups is 2. The Kier molecular flexibility index (Phi) is 10.4. The molecule has 6 rings (SSSR count). The van der Waals surface area contributed by atoms with Gasteiger partial charge in [-0.05, 0) is 91.6 Å². The van der Waals surface area contributed by atoms with Gasteiger partial charge in [0, 0.05) is 11.8 Å². The second-order valence-electron chi connectivity index (χ2n) is 13.0. The normalized spacial score (nSPS) is 17.3. The molecule has 1 aliphatic rings. The number of aromatic amines is 3. The van der Waals surface area contributed by atoms with Crippen molar-refractivity contribution >= 4 is 52.0 Å². The number of alkyl halides is 3. The maximum Gasteiger partial charge on any atom is 0.417 e. The third kappa shape index (κ3) is 7.43. The predicted molar refractivity (Wildman–Crippen MR) is 185 cm³/mol. The molecular weight excluding hydrogens is 659 g/mol. The number of rotatable bonds is 8. The summed E-state index contributed by atoms with van der Waals surface area (Å²) in [6, 6.07) is 12.5. The fourth-order valence-corrected chi connectivity index (χ4v) is 6.50. The maximum absolute atomic E-state index is 14.2. The molecule has 1 atom stereocenters. The van der Waals surface area contributed by atoms with Crippen molar-refractivity contribution in [3.05, 3.63) is 82.0 Å². The van der Waals surface area contributed by atoms with E-state index in [0.717, 1.165) is 23.8 Å². The third-order valence-electron chi connectivity index (χ3n) is 9.26. The van der Waals surface area contributed by atoms with Crippen LogP contribution < -0.4 is 22.1 Å². The molecule has 49 heavy (non-hydrogen) atoms. The Labute approximate surface area is 286 Å². The number of aromatic nitrogens is 4. The van der Waals surface area contributed by atoms with Crippen molar-refractivity contribution in [3.8, 4) is 11.1 Å². The van der Waals surface area contributed by atoms with Gasteiger partial charge in [0.1, 0.15) is 5.82 Å². The van der Waals surface area contributed by atoms with E-state index in [1.807, 2.05) is 13.8 Å². The highest BCUT2D eigenvalue weighted by atomic mass is 35.5. The molecule has 2 amide bonds. The quantitative estimate of drug-likeness (QED) is 0.130. The fourth-order valence-electron chi connectivity index (χ4n) is 6.50. The van der Waals surface area contributed by atoms with Crippen LogP contribution in [0.5, 0.6) is 0 Å². The van der Waals surface area contributed by atoms with Crippen LogP contribution in [0.3, 0.4) is 0 Å². The van der Waals surface area contributed by atoms with Crippen LogP contribution in [-0.4, -0.2) is 44.3 Å². The monoisotopic (exact) mass is 697 g/mol. The third-order valence-corrected chi connectivity index (χ3v) is 9.26. The zero-order valence-corrected chi connectivity index (χ0v) is 27.9. The molecule has 0 saturated heterocycles. The number of hydrogen-bond donors (Lipinski definition) is 5. The van der Waals surface area contributed by atoms with E-state index in [9.17, 15) is 27.6 Å². The van der Waals surface area contributed by atoms with Gasteiger partial charge in [-0.3, -0.25) is 9.59 Å². The van der Waals surface area contributed by atoms with Crippen molar-refractivity contribution in [2.24, 2.45) is 23.3 Å². The number of imide groups is 1. The highest BCUT2D eigenvalue weighted by Gasteiger charge is 2.36. The van der Waals surface area contributed by atoms with Gasteiger partial charge < -0.3 is 26.4 Å². The van der Waals surface area contributed by atoms with Gasteiger partial charge in [0.15, 0.2) is 0 Å². The van der Waals surface area contributed by atoms with Crippen molar-refractivity contribution in [1.29, 1.82) is 0 Å². The zero-order valence-electron chi connectivity index (χ0n) is 27.1. The summed E-state index contributed by atoms with van der Waals surface area (Å²) in [5.74, 6) is -0.439. The molecule has 0 radical (unpaired) electrons. The van der Waals surface area contributed by atoms with Crippen LogP contribution in [0.4, 0.5) is 18.9 Å². The zero-order chi connectivity index (χ0) is 34.3. The Morgan fingerprint density at radius 3 is 2.24 bits per heavy atom. The maximum atomic E-state index is 14.2. The highest BCUT2D eigenvalue weighted by Crippen LogP contribution is 2.40. The van der Waals surface area contributed by atoms with E-state index in [0.29, 0.717) is 64.3 Å². The van der Waals surface area contributed by atoms with Crippen LogP contribution in [0.25, 0.3) is 33.2 Å². The van der Waals surface area contributed by atoms with E-state index in [1.54, 1.807) is 42.5 Å². The van der Waals surface area contributed by atoms with Crippen LogP contribution >= 0.6 is 12.4 Å². The Morgan fingerprint density at radius 2 is 1.61 bits per heavy atom. The summed E-state index contributed by atoms with van der Waals surface area (Å²) in [4.78, 5) is 53.6. The SMILES string of the molecule is CC(C)c1nc2cc(-c3ccc(C[C@H](N)C(=O)N(C(=O)C4CCC(CN)CC4)c4ccc5[nH]c(=O)[nH]c5c4)cc3)c(C(F)(F)F)cc2[nH]1.Cl. The van der Waals surface area contributed by atoms with Gasteiger partial charge in [-0.2, -0.15) is 13.2 Å². The van der Waals surface area contributed by atoms with Crippen molar-refractivity contribution < 1.29 is 22.8 Å². The van der Waals surface area contributed by atoms with Crippen LogP contribution in [0.2, 0.25) is 0 Å². The minimum Gasteiger partial charge on any atom is -0.342 e. The summed E-state index contributed by atoms with van der Waals surface area (Å²) in [7, 11) is 0. The molecule has 260 valence electrons. The molecular formula is C35H39ClF3N7O3. The molecule has 2 heterocycles. The van der Waals surface area contributed by atoms with Crippen LogP contribution in [0.15, 0.2) is 59.4 Å². The standard InChI is InChI=1S/C35H38F3N7O3.ClH/c1-18(2)31-41-29-15-24(25(35(36,37)38)16-30(29)42-31)21-7-3-19(4-8-21)13-26(40)33(47)45(32(46)22-9-5-20(17-39)6-10-22)23-11-12-27-28(14-23)44-34(48)43-27;/h3-4,7-8,11-12,14-16,18,20,22,26H,5-6,9-10,13,17,39-40H2,1-2H3,(H,41,42)(H2,43,44,48);1H/t20?,22?,26-;/m0./s1. The first-order valence-corrected chi connectivity index (χ1v) is 16.1. The number of amides is 2. The predicted octanol–water partition coefficient (Wildman–Crippen LogP) is 6.16. The molecule has 7 N–H and O–H groups in total.